The van der Waals surface area contributed by atoms with Gasteiger partial charge in [-0.25, -0.2) is 4.39 Å². The van der Waals surface area contributed by atoms with E-state index in [4.69, 9.17) is 23.2 Å². The number of halogens is 3. The number of carbonyl (C=O) groups excluding carboxylic acids is 1. The molecule has 4 rings (SSSR count). The Kier molecular flexibility index (Phi) is 6.79. The van der Waals surface area contributed by atoms with Gasteiger partial charge < -0.3 is 5.32 Å². The van der Waals surface area contributed by atoms with Gasteiger partial charge in [-0.3, -0.25) is 9.36 Å². The van der Waals surface area contributed by atoms with Crippen molar-refractivity contribution in [3.05, 3.63) is 88.2 Å². The lowest BCUT2D eigenvalue weighted by Gasteiger charge is -2.11. The summed E-state index contributed by atoms with van der Waals surface area (Å²) >= 11 is 13.6. The molecular formula is C23H17Cl2FN4OS. The lowest BCUT2D eigenvalue weighted by atomic mass is 10.2. The van der Waals surface area contributed by atoms with Crippen LogP contribution >= 0.6 is 35.0 Å². The van der Waals surface area contributed by atoms with Crippen molar-refractivity contribution >= 4 is 46.6 Å². The molecule has 1 heterocycles. The van der Waals surface area contributed by atoms with Crippen molar-refractivity contribution in [2.24, 2.45) is 0 Å². The molecule has 0 aliphatic carbocycles. The molecule has 0 radical (unpaired) electrons. The highest BCUT2D eigenvalue weighted by Crippen LogP contribution is 2.32. The Morgan fingerprint density at radius 1 is 1.06 bits per heavy atom. The average molecular weight is 487 g/mol. The molecule has 0 fully saturated rings. The average Bonchev–Trinajstić information content (AvgIpc) is 3.19. The van der Waals surface area contributed by atoms with Crippen LogP contribution in [-0.4, -0.2) is 26.4 Å². The summed E-state index contributed by atoms with van der Waals surface area (Å²) in [6.07, 6.45) is 0. The first-order chi connectivity index (χ1) is 15.4. The predicted octanol–water partition coefficient (Wildman–Crippen LogP) is 6.42. The van der Waals surface area contributed by atoms with Gasteiger partial charge in [0.15, 0.2) is 11.0 Å². The molecule has 4 aromatic rings. The van der Waals surface area contributed by atoms with E-state index in [1.54, 1.807) is 37.3 Å². The smallest absolute Gasteiger partial charge is 0.234 e. The molecule has 3 aromatic carbocycles. The number of rotatable bonds is 6. The Hall–Kier alpha value is -2.87. The van der Waals surface area contributed by atoms with Crippen LogP contribution in [0.3, 0.4) is 0 Å². The van der Waals surface area contributed by atoms with Crippen molar-refractivity contribution in [1.82, 2.24) is 14.8 Å². The van der Waals surface area contributed by atoms with Crippen LogP contribution in [0.25, 0.3) is 17.1 Å². The molecule has 1 aromatic heterocycles. The third-order valence-electron chi connectivity index (χ3n) is 4.62. The Morgan fingerprint density at radius 2 is 1.81 bits per heavy atom. The quantitative estimate of drug-likeness (QED) is 0.319. The Labute approximate surface area is 198 Å². The van der Waals surface area contributed by atoms with Crippen LogP contribution in [0.1, 0.15) is 5.56 Å². The van der Waals surface area contributed by atoms with Crippen LogP contribution in [-0.2, 0) is 4.79 Å². The minimum Gasteiger partial charge on any atom is -0.325 e. The highest BCUT2D eigenvalue weighted by atomic mass is 35.5. The zero-order valence-corrected chi connectivity index (χ0v) is 19.2. The van der Waals surface area contributed by atoms with Gasteiger partial charge in [-0.1, -0.05) is 53.2 Å². The molecule has 0 aliphatic rings. The summed E-state index contributed by atoms with van der Waals surface area (Å²) in [6, 6.07) is 19.1. The van der Waals surface area contributed by atoms with E-state index in [0.717, 1.165) is 5.69 Å². The number of anilines is 1. The third kappa shape index (κ3) is 4.96. The van der Waals surface area contributed by atoms with Gasteiger partial charge in [0.2, 0.25) is 5.91 Å². The predicted molar refractivity (Wildman–Crippen MR) is 127 cm³/mol. The number of carbonyl (C=O) groups is 1. The molecule has 0 saturated carbocycles. The summed E-state index contributed by atoms with van der Waals surface area (Å²) in [5.74, 6) is -0.0593. The normalized spacial score (nSPS) is 10.9. The first kappa shape index (κ1) is 22.3. The Bertz CT molecular complexity index is 1280. The SMILES string of the molecule is Cc1ccc(NC(=O)CSc2nnc(-c3ccccc3Cl)n2-c2ccc(Cl)cc2)cc1F. The van der Waals surface area contributed by atoms with Crippen LogP contribution in [0.15, 0.2) is 71.9 Å². The van der Waals surface area contributed by atoms with Gasteiger partial charge in [-0.05, 0) is 61.0 Å². The second kappa shape index (κ2) is 9.73. The van der Waals surface area contributed by atoms with Gasteiger partial charge >= 0.3 is 0 Å². The number of aromatic nitrogens is 3. The van der Waals surface area contributed by atoms with Gasteiger partial charge in [-0.2, -0.15) is 0 Å². The molecule has 0 atom stereocenters. The van der Waals surface area contributed by atoms with E-state index in [0.29, 0.717) is 37.8 Å². The van der Waals surface area contributed by atoms with E-state index in [-0.39, 0.29) is 17.5 Å². The lowest BCUT2D eigenvalue weighted by molar-refractivity contribution is -0.113. The minimum atomic E-state index is -0.373. The number of aryl methyl sites for hydroxylation is 1. The Balaban J connectivity index is 1.61. The topological polar surface area (TPSA) is 59.8 Å². The minimum absolute atomic E-state index is 0.0593. The number of thioether (sulfide) groups is 1. The number of hydrogen-bond acceptors (Lipinski definition) is 4. The second-order valence-electron chi connectivity index (χ2n) is 6.90. The van der Waals surface area contributed by atoms with Crippen molar-refractivity contribution < 1.29 is 9.18 Å². The number of nitrogens with one attached hydrogen (secondary N) is 1. The second-order valence-corrected chi connectivity index (χ2v) is 8.68. The number of hydrogen-bond donors (Lipinski definition) is 1. The fraction of sp³-hybridized carbons (Fsp3) is 0.0870. The summed E-state index contributed by atoms with van der Waals surface area (Å²) in [5, 5.41) is 12.9. The maximum absolute atomic E-state index is 13.7. The molecule has 0 spiro atoms. The number of amides is 1. The van der Waals surface area contributed by atoms with Crippen molar-refractivity contribution in [3.63, 3.8) is 0 Å². The van der Waals surface area contributed by atoms with E-state index in [1.807, 2.05) is 34.9 Å². The van der Waals surface area contributed by atoms with Crippen molar-refractivity contribution in [1.29, 1.82) is 0 Å². The fourth-order valence-electron chi connectivity index (χ4n) is 3.00. The molecular weight excluding hydrogens is 470 g/mol. The summed E-state index contributed by atoms with van der Waals surface area (Å²) in [6.45, 7) is 1.66. The summed E-state index contributed by atoms with van der Waals surface area (Å²) in [4.78, 5) is 12.5. The standard InChI is InChI=1S/C23H17Cl2FN4OS/c1-14-6-9-16(12-20(14)26)27-21(31)13-32-23-29-28-22(18-4-2-3-5-19(18)25)30(23)17-10-7-15(24)8-11-17/h2-12H,13H2,1H3,(H,27,31). The van der Waals surface area contributed by atoms with Crippen molar-refractivity contribution in [2.45, 2.75) is 12.1 Å². The molecule has 5 nitrogen and oxygen atoms in total. The molecule has 0 bridgehead atoms. The molecule has 1 N–H and O–H groups in total. The van der Waals surface area contributed by atoms with Crippen LogP contribution in [0.5, 0.6) is 0 Å². The van der Waals surface area contributed by atoms with Gasteiger partial charge in [-0.15, -0.1) is 10.2 Å². The lowest BCUT2D eigenvalue weighted by Crippen LogP contribution is -2.14. The summed E-state index contributed by atoms with van der Waals surface area (Å²) < 4.78 is 15.6. The van der Waals surface area contributed by atoms with E-state index in [1.165, 1.54) is 17.8 Å². The molecule has 0 unspecified atom stereocenters. The molecule has 1 amide bonds. The first-order valence-electron chi connectivity index (χ1n) is 9.57. The highest BCUT2D eigenvalue weighted by Gasteiger charge is 2.19. The van der Waals surface area contributed by atoms with Gasteiger partial charge in [0.1, 0.15) is 5.82 Å². The first-order valence-corrected chi connectivity index (χ1v) is 11.3. The van der Waals surface area contributed by atoms with Crippen LogP contribution in [0.4, 0.5) is 10.1 Å². The Morgan fingerprint density at radius 3 is 2.53 bits per heavy atom. The molecule has 9 heteroatoms. The van der Waals surface area contributed by atoms with Crippen molar-refractivity contribution in [2.75, 3.05) is 11.1 Å². The van der Waals surface area contributed by atoms with E-state index in [9.17, 15) is 9.18 Å². The maximum atomic E-state index is 13.7. The molecule has 0 saturated heterocycles. The molecule has 0 aliphatic heterocycles. The fourth-order valence-corrected chi connectivity index (χ4v) is 4.10. The summed E-state index contributed by atoms with van der Waals surface area (Å²) in [7, 11) is 0. The maximum Gasteiger partial charge on any atom is 0.234 e. The van der Waals surface area contributed by atoms with E-state index in [2.05, 4.69) is 15.5 Å². The number of nitrogens with zero attached hydrogens (tertiary/aromatic N) is 3. The van der Waals surface area contributed by atoms with Crippen LogP contribution in [0.2, 0.25) is 10.0 Å². The monoisotopic (exact) mass is 486 g/mol. The van der Waals surface area contributed by atoms with Crippen LogP contribution in [0, 0.1) is 12.7 Å². The van der Waals surface area contributed by atoms with E-state index >= 15 is 0 Å². The largest absolute Gasteiger partial charge is 0.325 e. The number of benzene rings is 3. The van der Waals surface area contributed by atoms with E-state index < -0.39 is 0 Å². The van der Waals surface area contributed by atoms with Gasteiger partial charge in [0, 0.05) is 22.0 Å². The van der Waals surface area contributed by atoms with Crippen LogP contribution < -0.4 is 5.32 Å². The highest BCUT2D eigenvalue weighted by molar-refractivity contribution is 7.99. The molecule has 32 heavy (non-hydrogen) atoms. The van der Waals surface area contributed by atoms with Gasteiger partial charge in [0.25, 0.3) is 0 Å². The summed E-state index contributed by atoms with van der Waals surface area (Å²) in [5.41, 5.74) is 2.40. The van der Waals surface area contributed by atoms with Gasteiger partial charge in [0.05, 0.1) is 10.8 Å². The molecule has 162 valence electrons. The zero-order chi connectivity index (χ0) is 22.7. The third-order valence-corrected chi connectivity index (χ3v) is 6.13. The van der Waals surface area contributed by atoms with Crippen molar-refractivity contribution in [3.8, 4) is 17.1 Å². The zero-order valence-electron chi connectivity index (χ0n) is 16.8.